The van der Waals surface area contributed by atoms with Gasteiger partial charge in [-0.3, -0.25) is 4.90 Å². The minimum Gasteiger partial charge on any atom is -0.391 e. The van der Waals surface area contributed by atoms with Crippen LogP contribution < -0.4 is 5.32 Å². The van der Waals surface area contributed by atoms with Crippen molar-refractivity contribution in [1.29, 1.82) is 0 Å². The van der Waals surface area contributed by atoms with Crippen molar-refractivity contribution in [2.24, 2.45) is 0 Å². The summed E-state index contributed by atoms with van der Waals surface area (Å²) in [5.41, 5.74) is 1.75. The number of fused-ring (bicyclic) bond motifs is 1. The van der Waals surface area contributed by atoms with Gasteiger partial charge in [0, 0.05) is 30.7 Å². The van der Waals surface area contributed by atoms with E-state index in [0.717, 1.165) is 68.0 Å². The molecule has 0 bridgehead atoms. The first-order valence-electron chi connectivity index (χ1n) is 10.7. The summed E-state index contributed by atoms with van der Waals surface area (Å²) >= 11 is 0. The first kappa shape index (κ1) is 18.5. The molecule has 2 unspecified atom stereocenters. The fourth-order valence-electron chi connectivity index (χ4n) is 4.74. The van der Waals surface area contributed by atoms with Crippen molar-refractivity contribution in [2.75, 3.05) is 18.4 Å². The standard InChI is InChI=1S/C22H28N6O/c29-19-9-5-4-8-18(19)27-14-12-17(13-15-27)23-20-10-11-21-24-25-22(28(21)26-20)16-6-2-1-3-7-16/h1-3,6-7,10-11,17-19,29H,4-5,8-9,12-15H2,(H,23,26). The Morgan fingerprint density at radius 3 is 2.48 bits per heavy atom. The normalized spacial score (nSPS) is 24.0. The van der Waals surface area contributed by atoms with E-state index in [9.17, 15) is 5.11 Å². The van der Waals surface area contributed by atoms with E-state index in [2.05, 4.69) is 20.4 Å². The Labute approximate surface area is 170 Å². The molecule has 2 aromatic heterocycles. The van der Waals surface area contributed by atoms with Crippen LogP contribution >= 0.6 is 0 Å². The van der Waals surface area contributed by atoms with Gasteiger partial charge in [0.1, 0.15) is 5.82 Å². The van der Waals surface area contributed by atoms with E-state index in [1.807, 2.05) is 47.0 Å². The Balaban J connectivity index is 1.26. The number of aromatic nitrogens is 4. The Bertz CT molecular complexity index is 950. The summed E-state index contributed by atoms with van der Waals surface area (Å²) in [5.74, 6) is 1.61. The smallest absolute Gasteiger partial charge is 0.185 e. The average molecular weight is 393 g/mol. The summed E-state index contributed by atoms with van der Waals surface area (Å²) in [5, 5.41) is 27.3. The third kappa shape index (κ3) is 3.84. The van der Waals surface area contributed by atoms with E-state index in [0.29, 0.717) is 12.1 Å². The zero-order valence-electron chi connectivity index (χ0n) is 16.6. The van der Waals surface area contributed by atoms with Gasteiger partial charge in [0.25, 0.3) is 0 Å². The second kappa shape index (κ2) is 8.08. The van der Waals surface area contributed by atoms with Crippen LogP contribution in [0.1, 0.15) is 38.5 Å². The van der Waals surface area contributed by atoms with Crippen LogP contribution in [-0.4, -0.2) is 61.1 Å². The molecule has 2 atom stereocenters. The zero-order valence-corrected chi connectivity index (χ0v) is 16.6. The van der Waals surface area contributed by atoms with E-state index in [-0.39, 0.29) is 6.10 Å². The lowest BCUT2D eigenvalue weighted by molar-refractivity contribution is 0.00992. The van der Waals surface area contributed by atoms with Crippen molar-refractivity contribution in [3.8, 4) is 11.4 Å². The highest BCUT2D eigenvalue weighted by atomic mass is 16.3. The molecule has 2 fully saturated rings. The minimum atomic E-state index is -0.150. The fourth-order valence-corrected chi connectivity index (χ4v) is 4.74. The third-order valence-corrected chi connectivity index (χ3v) is 6.34. The minimum absolute atomic E-state index is 0.150. The zero-order chi connectivity index (χ0) is 19.6. The van der Waals surface area contributed by atoms with Gasteiger partial charge in [-0.2, -0.15) is 4.52 Å². The van der Waals surface area contributed by atoms with Gasteiger partial charge in [-0.25, -0.2) is 0 Å². The highest BCUT2D eigenvalue weighted by Crippen LogP contribution is 2.27. The number of likely N-dealkylation sites (tertiary alicyclic amines) is 1. The van der Waals surface area contributed by atoms with Gasteiger partial charge < -0.3 is 10.4 Å². The topological polar surface area (TPSA) is 78.6 Å². The first-order chi connectivity index (χ1) is 14.3. The van der Waals surface area contributed by atoms with Crippen molar-refractivity contribution in [1.82, 2.24) is 24.7 Å². The van der Waals surface area contributed by atoms with Crippen LogP contribution in [0.4, 0.5) is 5.82 Å². The summed E-state index contributed by atoms with van der Waals surface area (Å²) in [4.78, 5) is 2.49. The predicted molar refractivity (Wildman–Crippen MR) is 113 cm³/mol. The monoisotopic (exact) mass is 392 g/mol. The number of hydrogen-bond donors (Lipinski definition) is 2. The Morgan fingerprint density at radius 1 is 0.897 bits per heavy atom. The quantitative estimate of drug-likeness (QED) is 0.711. The van der Waals surface area contributed by atoms with Gasteiger partial charge in [0.2, 0.25) is 0 Å². The number of aliphatic hydroxyl groups excluding tert-OH is 1. The second-order valence-electron chi connectivity index (χ2n) is 8.25. The molecule has 7 heteroatoms. The van der Waals surface area contributed by atoms with Gasteiger partial charge in [0.15, 0.2) is 11.5 Å². The van der Waals surface area contributed by atoms with Crippen LogP contribution in [0.3, 0.4) is 0 Å². The lowest BCUT2D eigenvalue weighted by Crippen LogP contribution is -2.50. The van der Waals surface area contributed by atoms with Gasteiger partial charge in [-0.05, 0) is 37.8 Å². The summed E-state index contributed by atoms with van der Waals surface area (Å²) in [6.07, 6.45) is 6.48. The summed E-state index contributed by atoms with van der Waals surface area (Å²) in [7, 11) is 0. The van der Waals surface area contributed by atoms with Crippen molar-refractivity contribution in [3.63, 3.8) is 0 Å². The van der Waals surface area contributed by atoms with Crippen LogP contribution in [-0.2, 0) is 0 Å². The molecule has 0 radical (unpaired) electrons. The molecule has 1 saturated carbocycles. The highest BCUT2D eigenvalue weighted by molar-refractivity contribution is 5.59. The molecule has 5 rings (SSSR count). The van der Waals surface area contributed by atoms with Crippen LogP contribution in [0.25, 0.3) is 17.0 Å². The number of nitrogens with zero attached hydrogens (tertiary/aromatic N) is 5. The van der Waals surface area contributed by atoms with Crippen molar-refractivity contribution >= 4 is 11.5 Å². The van der Waals surface area contributed by atoms with Gasteiger partial charge in [-0.15, -0.1) is 15.3 Å². The van der Waals surface area contributed by atoms with Crippen molar-refractivity contribution in [3.05, 3.63) is 42.5 Å². The molecule has 0 spiro atoms. The number of nitrogens with one attached hydrogen (secondary N) is 1. The molecule has 152 valence electrons. The molecule has 2 aliphatic rings. The molecular weight excluding hydrogens is 364 g/mol. The van der Waals surface area contributed by atoms with Crippen LogP contribution in [0, 0.1) is 0 Å². The van der Waals surface area contributed by atoms with Crippen molar-refractivity contribution in [2.45, 2.75) is 56.7 Å². The Kier molecular flexibility index (Phi) is 5.16. The maximum Gasteiger partial charge on any atom is 0.185 e. The fraction of sp³-hybridized carbons (Fsp3) is 0.500. The number of piperidine rings is 1. The predicted octanol–water partition coefficient (Wildman–Crippen LogP) is 2.97. The molecule has 2 N–H and O–H groups in total. The second-order valence-corrected chi connectivity index (χ2v) is 8.25. The van der Waals surface area contributed by atoms with Gasteiger partial charge in [0.05, 0.1) is 6.10 Å². The molecule has 1 saturated heterocycles. The van der Waals surface area contributed by atoms with E-state index in [1.54, 1.807) is 0 Å². The third-order valence-electron chi connectivity index (χ3n) is 6.34. The molecule has 3 aromatic rings. The molecule has 1 aliphatic heterocycles. The molecule has 7 nitrogen and oxygen atoms in total. The van der Waals surface area contributed by atoms with E-state index in [4.69, 9.17) is 5.10 Å². The number of hydrogen-bond acceptors (Lipinski definition) is 6. The number of anilines is 1. The van der Waals surface area contributed by atoms with Crippen LogP contribution in [0.2, 0.25) is 0 Å². The number of benzene rings is 1. The Hall–Kier alpha value is -2.51. The molecular formula is C22H28N6O. The maximum atomic E-state index is 10.3. The highest BCUT2D eigenvalue weighted by Gasteiger charge is 2.31. The van der Waals surface area contributed by atoms with E-state index >= 15 is 0 Å². The van der Waals surface area contributed by atoms with Crippen molar-refractivity contribution < 1.29 is 5.11 Å². The van der Waals surface area contributed by atoms with E-state index in [1.165, 1.54) is 6.42 Å². The summed E-state index contributed by atoms with van der Waals surface area (Å²) in [6.45, 7) is 2.06. The van der Waals surface area contributed by atoms with Crippen LogP contribution in [0.5, 0.6) is 0 Å². The maximum absolute atomic E-state index is 10.3. The first-order valence-corrected chi connectivity index (χ1v) is 10.7. The SMILES string of the molecule is OC1CCCCC1N1CCC(Nc2ccc3nnc(-c4ccccc4)n3n2)CC1. The largest absolute Gasteiger partial charge is 0.391 e. The van der Waals surface area contributed by atoms with Gasteiger partial charge >= 0.3 is 0 Å². The summed E-state index contributed by atoms with van der Waals surface area (Å²) < 4.78 is 1.81. The summed E-state index contributed by atoms with van der Waals surface area (Å²) in [6, 6.07) is 14.7. The molecule has 1 aliphatic carbocycles. The Morgan fingerprint density at radius 2 is 1.69 bits per heavy atom. The molecule has 1 aromatic carbocycles. The van der Waals surface area contributed by atoms with Gasteiger partial charge in [-0.1, -0.05) is 43.2 Å². The van der Waals surface area contributed by atoms with Crippen LogP contribution in [0.15, 0.2) is 42.5 Å². The lowest BCUT2D eigenvalue weighted by Gasteiger charge is -2.41. The molecule has 0 amide bonds. The van der Waals surface area contributed by atoms with E-state index < -0.39 is 0 Å². The molecule has 29 heavy (non-hydrogen) atoms. The lowest BCUT2D eigenvalue weighted by atomic mass is 9.89. The molecule has 3 heterocycles. The number of rotatable bonds is 4. The average Bonchev–Trinajstić information content (AvgIpc) is 3.19. The number of aliphatic hydroxyl groups is 1.